The number of ether oxygens (including phenoxy) is 1. The van der Waals surface area contributed by atoms with E-state index in [2.05, 4.69) is 26.1 Å². The van der Waals surface area contributed by atoms with Gasteiger partial charge in [-0.3, -0.25) is 4.79 Å². The molecule has 0 radical (unpaired) electrons. The molecule has 1 unspecified atom stereocenters. The average molecular weight is 401 g/mol. The lowest BCUT2D eigenvalue weighted by atomic mass is 10.2. The van der Waals surface area contributed by atoms with Gasteiger partial charge in [0.25, 0.3) is 14.2 Å². The third kappa shape index (κ3) is 4.60. The zero-order valence-electron chi connectivity index (χ0n) is 16.8. The van der Waals surface area contributed by atoms with Crippen LogP contribution >= 0.6 is 0 Å². The SMILES string of the molecule is CNC(=O)C(CO[Si](c1ccccc1)(c1ccccc1)C(C)(C)C)OC(N)=O. The van der Waals surface area contributed by atoms with Gasteiger partial charge in [-0.25, -0.2) is 4.79 Å². The number of nitrogens with two attached hydrogens (primary N) is 1. The second-order valence-corrected chi connectivity index (χ2v) is 11.8. The van der Waals surface area contributed by atoms with Gasteiger partial charge in [0.2, 0.25) is 6.10 Å². The first-order chi connectivity index (χ1) is 13.2. The lowest BCUT2D eigenvalue weighted by Crippen LogP contribution is -2.67. The van der Waals surface area contributed by atoms with Gasteiger partial charge < -0.3 is 20.2 Å². The Morgan fingerprint density at radius 2 is 1.46 bits per heavy atom. The summed E-state index contributed by atoms with van der Waals surface area (Å²) in [5.41, 5.74) is 5.15. The zero-order valence-corrected chi connectivity index (χ0v) is 17.8. The average Bonchev–Trinajstić information content (AvgIpc) is 2.67. The Morgan fingerprint density at radius 1 is 1.00 bits per heavy atom. The first-order valence-electron chi connectivity index (χ1n) is 9.15. The minimum absolute atomic E-state index is 0.0874. The Kier molecular flexibility index (Phi) is 6.98. The van der Waals surface area contributed by atoms with Crippen LogP contribution in [0.15, 0.2) is 60.7 Å². The Labute approximate surface area is 167 Å². The minimum Gasteiger partial charge on any atom is -0.434 e. The van der Waals surface area contributed by atoms with Gasteiger partial charge in [0.1, 0.15) is 0 Å². The van der Waals surface area contributed by atoms with E-state index in [-0.39, 0.29) is 11.6 Å². The molecule has 2 amide bonds. The second-order valence-electron chi connectivity index (χ2n) is 7.51. The fourth-order valence-electron chi connectivity index (χ4n) is 3.43. The Hall–Kier alpha value is -2.64. The summed E-state index contributed by atoms with van der Waals surface area (Å²) < 4.78 is 11.6. The van der Waals surface area contributed by atoms with Gasteiger partial charge in [-0.2, -0.15) is 0 Å². The number of hydrogen-bond donors (Lipinski definition) is 2. The van der Waals surface area contributed by atoms with Crippen LogP contribution < -0.4 is 21.4 Å². The van der Waals surface area contributed by atoms with Crippen LogP contribution in [0.2, 0.25) is 5.04 Å². The molecule has 3 N–H and O–H groups in total. The van der Waals surface area contributed by atoms with Crippen LogP contribution in [-0.2, 0) is 14.0 Å². The molecule has 150 valence electrons. The molecule has 0 aliphatic heterocycles. The van der Waals surface area contributed by atoms with E-state index in [1.54, 1.807) is 0 Å². The number of nitrogens with one attached hydrogen (secondary N) is 1. The van der Waals surface area contributed by atoms with Gasteiger partial charge in [-0.1, -0.05) is 81.4 Å². The third-order valence-corrected chi connectivity index (χ3v) is 9.67. The van der Waals surface area contributed by atoms with Crippen molar-refractivity contribution in [3.05, 3.63) is 60.7 Å². The summed E-state index contributed by atoms with van der Waals surface area (Å²) in [4.78, 5) is 23.4. The van der Waals surface area contributed by atoms with E-state index in [1.807, 2.05) is 60.7 Å². The zero-order chi connectivity index (χ0) is 20.8. The number of carbonyl (C=O) groups is 2. The van der Waals surface area contributed by atoms with Crippen molar-refractivity contribution in [1.29, 1.82) is 0 Å². The van der Waals surface area contributed by atoms with Gasteiger partial charge in [-0.05, 0) is 15.4 Å². The van der Waals surface area contributed by atoms with Crippen LogP contribution in [0.3, 0.4) is 0 Å². The highest BCUT2D eigenvalue weighted by molar-refractivity contribution is 6.99. The summed E-state index contributed by atoms with van der Waals surface area (Å²) in [6, 6.07) is 20.0. The van der Waals surface area contributed by atoms with Gasteiger partial charge in [0.05, 0.1) is 6.61 Å². The first kappa shape index (κ1) is 21.7. The van der Waals surface area contributed by atoms with Crippen molar-refractivity contribution in [3.8, 4) is 0 Å². The largest absolute Gasteiger partial charge is 0.434 e. The Balaban J connectivity index is 2.55. The van der Waals surface area contributed by atoms with Crippen molar-refractivity contribution in [2.75, 3.05) is 13.7 Å². The number of amides is 2. The number of rotatable bonds is 7. The monoisotopic (exact) mass is 400 g/mol. The van der Waals surface area contributed by atoms with E-state index in [0.717, 1.165) is 10.4 Å². The smallest absolute Gasteiger partial charge is 0.405 e. The molecule has 0 saturated heterocycles. The molecule has 0 aliphatic rings. The number of carbonyl (C=O) groups excluding carboxylic acids is 2. The molecule has 0 bridgehead atoms. The number of hydrogen-bond acceptors (Lipinski definition) is 4. The van der Waals surface area contributed by atoms with Crippen molar-refractivity contribution in [2.24, 2.45) is 5.73 Å². The summed E-state index contributed by atoms with van der Waals surface area (Å²) in [6.45, 7) is 6.30. The number of primary amides is 1. The summed E-state index contributed by atoms with van der Waals surface area (Å²) in [5, 5.41) is 4.38. The van der Waals surface area contributed by atoms with Crippen LogP contribution in [0.4, 0.5) is 4.79 Å². The van der Waals surface area contributed by atoms with Crippen LogP contribution in [0, 0.1) is 0 Å². The molecular formula is C21H28N2O4Si. The predicted octanol–water partition coefficient (Wildman–Crippen LogP) is 1.77. The molecule has 0 heterocycles. The molecule has 0 saturated carbocycles. The van der Waals surface area contributed by atoms with Gasteiger partial charge in [0.15, 0.2) is 0 Å². The molecule has 28 heavy (non-hydrogen) atoms. The standard InChI is InChI=1S/C21H28N2O4Si/c1-21(2,3)28(16-11-7-5-8-12-16,17-13-9-6-10-14-17)26-15-18(19(24)23-4)27-20(22)25/h5-14,18H,15H2,1-4H3,(H2,22,25)(H,23,24). The highest BCUT2D eigenvalue weighted by atomic mass is 28.4. The van der Waals surface area contributed by atoms with E-state index in [4.69, 9.17) is 14.9 Å². The molecule has 2 rings (SSSR count). The van der Waals surface area contributed by atoms with E-state index < -0.39 is 26.4 Å². The van der Waals surface area contributed by atoms with Gasteiger partial charge in [0, 0.05) is 7.05 Å². The Bertz CT molecular complexity index is 752. The van der Waals surface area contributed by atoms with E-state index in [9.17, 15) is 9.59 Å². The van der Waals surface area contributed by atoms with Crippen molar-refractivity contribution in [3.63, 3.8) is 0 Å². The number of benzene rings is 2. The highest BCUT2D eigenvalue weighted by Gasteiger charge is 2.50. The normalized spacial score (nSPS) is 12.9. The fourth-order valence-corrected chi connectivity index (χ4v) is 7.98. The summed E-state index contributed by atoms with van der Waals surface area (Å²) in [7, 11) is -1.36. The van der Waals surface area contributed by atoms with Crippen LogP contribution in [0.25, 0.3) is 0 Å². The second kappa shape index (κ2) is 9.03. The van der Waals surface area contributed by atoms with Crippen LogP contribution in [0.5, 0.6) is 0 Å². The molecule has 0 aromatic heterocycles. The topological polar surface area (TPSA) is 90.7 Å². The highest BCUT2D eigenvalue weighted by Crippen LogP contribution is 2.36. The summed E-state index contributed by atoms with van der Waals surface area (Å²) >= 11 is 0. The maximum Gasteiger partial charge on any atom is 0.405 e. The maximum absolute atomic E-state index is 12.2. The van der Waals surface area contributed by atoms with Crippen LogP contribution in [0.1, 0.15) is 20.8 Å². The number of likely N-dealkylation sites (N-methyl/N-ethyl adjacent to an activating group) is 1. The quantitative estimate of drug-likeness (QED) is 0.693. The lowest BCUT2D eigenvalue weighted by molar-refractivity contribution is -0.130. The van der Waals surface area contributed by atoms with E-state index in [1.165, 1.54) is 7.05 Å². The summed E-state index contributed by atoms with van der Waals surface area (Å²) in [6.07, 6.45) is -2.14. The molecule has 2 aromatic carbocycles. The molecule has 6 nitrogen and oxygen atoms in total. The molecule has 0 fully saturated rings. The van der Waals surface area contributed by atoms with Crippen molar-refractivity contribution >= 4 is 30.7 Å². The van der Waals surface area contributed by atoms with E-state index >= 15 is 0 Å². The third-order valence-electron chi connectivity index (χ3n) is 4.67. The molecule has 0 spiro atoms. The summed E-state index contributed by atoms with van der Waals surface area (Å²) in [5.74, 6) is -0.461. The van der Waals surface area contributed by atoms with Crippen LogP contribution in [-0.4, -0.2) is 40.1 Å². The predicted molar refractivity (Wildman–Crippen MR) is 112 cm³/mol. The molecular weight excluding hydrogens is 372 g/mol. The van der Waals surface area contributed by atoms with Crippen molar-refractivity contribution in [1.82, 2.24) is 5.32 Å². The maximum atomic E-state index is 12.2. The molecule has 2 aromatic rings. The molecule has 1 atom stereocenters. The van der Waals surface area contributed by atoms with Crippen molar-refractivity contribution in [2.45, 2.75) is 31.9 Å². The minimum atomic E-state index is -2.83. The first-order valence-corrected chi connectivity index (χ1v) is 11.1. The van der Waals surface area contributed by atoms with Gasteiger partial charge >= 0.3 is 6.09 Å². The van der Waals surface area contributed by atoms with Crippen molar-refractivity contribution < 1.29 is 18.8 Å². The van der Waals surface area contributed by atoms with E-state index in [0.29, 0.717) is 0 Å². The Morgan fingerprint density at radius 3 is 1.82 bits per heavy atom. The molecule has 0 aliphatic carbocycles. The molecule has 7 heteroatoms. The fraction of sp³-hybridized carbons (Fsp3) is 0.333. The van der Waals surface area contributed by atoms with Gasteiger partial charge in [-0.15, -0.1) is 0 Å². The lowest BCUT2D eigenvalue weighted by Gasteiger charge is -2.43.